The highest BCUT2D eigenvalue weighted by molar-refractivity contribution is 5.94. The normalized spacial score (nSPS) is 20.3. The fourth-order valence-electron chi connectivity index (χ4n) is 5.22. The minimum atomic E-state index is -0.973. The number of carboxylic acids is 1. The van der Waals surface area contributed by atoms with Gasteiger partial charge in [0.25, 0.3) is 0 Å². The van der Waals surface area contributed by atoms with Gasteiger partial charge in [-0.1, -0.05) is 18.2 Å². The maximum Gasteiger partial charge on any atom is 0.337 e. The minimum absolute atomic E-state index is 0.206. The molecular formula is C25H25N5O2. The summed E-state index contributed by atoms with van der Waals surface area (Å²) in [6.07, 6.45) is 3.55. The van der Waals surface area contributed by atoms with Crippen LogP contribution in [-0.4, -0.2) is 33.6 Å². The van der Waals surface area contributed by atoms with E-state index in [-0.39, 0.29) is 11.6 Å². The van der Waals surface area contributed by atoms with Crippen LogP contribution in [0.3, 0.4) is 0 Å². The topological polar surface area (TPSA) is 102 Å². The second kappa shape index (κ2) is 7.79. The Kier molecular flexibility index (Phi) is 4.93. The summed E-state index contributed by atoms with van der Waals surface area (Å²) in [5, 5.41) is 22.7. The van der Waals surface area contributed by atoms with Crippen molar-refractivity contribution in [3.63, 3.8) is 0 Å². The number of para-hydroxylation sites is 1. The zero-order valence-corrected chi connectivity index (χ0v) is 18.2. The second-order valence-electron chi connectivity index (χ2n) is 8.93. The summed E-state index contributed by atoms with van der Waals surface area (Å²) in [5.41, 5.74) is 4.54. The van der Waals surface area contributed by atoms with Gasteiger partial charge in [0.15, 0.2) is 11.5 Å². The quantitative estimate of drug-likeness (QED) is 0.610. The van der Waals surface area contributed by atoms with Gasteiger partial charge in [0, 0.05) is 23.8 Å². The van der Waals surface area contributed by atoms with E-state index in [2.05, 4.69) is 22.4 Å². The molecule has 7 nitrogen and oxygen atoms in total. The molecule has 5 rings (SSSR count). The fraction of sp³-hybridized carbons (Fsp3) is 0.360. The molecule has 2 aromatic carbocycles. The van der Waals surface area contributed by atoms with Gasteiger partial charge in [-0.3, -0.25) is 0 Å². The Morgan fingerprint density at radius 3 is 2.78 bits per heavy atom. The van der Waals surface area contributed by atoms with Gasteiger partial charge in [0.1, 0.15) is 6.07 Å². The number of aromatic carboxylic acids is 1. The van der Waals surface area contributed by atoms with Crippen LogP contribution in [0.1, 0.15) is 59.4 Å². The number of nitrogens with one attached hydrogen (secondary N) is 1. The molecule has 2 aliphatic rings. The van der Waals surface area contributed by atoms with E-state index in [0.29, 0.717) is 34.7 Å². The molecule has 2 bridgehead atoms. The molecule has 7 heteroatoms. The Bertz CT molecular complexity index is 1270. The van der Waals surface area contributed by atoms with Crippen LogP contribution in [0.4, 0.5) is 11.5 Å². The Morgan fingerprint density at radius 2 is 2.09 bits per heavy atom. The third-order valence-corrected chi connectivity index (χ3v) is 6.71. The summed E-state index contributed by atoms with van der Waals surface area (Å²) in [4.78, 5) is 23.6. The molecule has 3 aromatic rings. The molecule has 3 atom stereocenters. The van der Waals surface area contributed by atoms with Crippen molar-refractivity contribution in [1.82, 2.24) is 9.97 Å². The van der Waals surface area contributed by atoms with Crippen LogP contribution in [0.25, 0.3) is 11.0 Å². The number of rotatable bonds is 5. The zero-order valence-electron chi connectivity index (χ0n) is 18.2. The van der Waals surface area contributed by atoms with E-state index in [4.69, 9.17) is 9.97 Å². The van der Waals surface area contributed by atoms with Crippen molar-refractivity contribution in [2.75, 3.05) is 16.8 Å². The number of fused-ring (bicyclic) bond motifs is 3. The number of carbonyl (C=O) groups is 1. The number of nitrogens with zero attached hydrogens (tertiary/aromatic N) is 4. The third-order valence-electron chi connectivity index (χ3n) is 6.71. The third kappa shape index (κ3) is 3.42. The van der Waals surface area contributed by atoms with Crippen LogP contribution >= 0.6 is 0 Å². The summed E-state index contributed by atoms with van der Waals surface area (Å²) >= 11 is 0. The van der Waals surface area contributed by atoms with Crippen LogP contribution < -0.4 is 10.2 Å². The van der Waals surface area contributed by atoms with Crippen LogP contribution in [0.15, 0.2) is 36.4 Å². The van der Waals surface area contributed by atoms with Crippen molar-refractivity contribution < 1.29 is 9.90 Å². The monoisotopic (exact) mass is 427 g/mol. The lowest BCUT2D eigenvalue weighted by Gasteiger charge is -2.29. The highest BCUT2D eigenvalue weighted by atomic mass is 16.4. The molecule has 0 amide bonds. The maximum absolute atomic E-state index is 11.6. The second-order valence-corrected chi connectivity index (χ2v) is 8.93. The van der Waals surface area contributed by atoms with Crippen molar-refractivity contribution in [1.29, 1.82) is 5.26 Å². The number of hydrogen-bond acceptors (Lipinski definition) is 6. The molecule has 1 aliphatic carbocycles. The molecule has 2 fully saturated rings. The van der Waals surface area contributed by atoms with Crippen molar-refractivity contribution in [2.45, 2.75) is 45.2 Å². The summed E-state index contributed by atoms with van der Waals surface area (Å²) in [6, 6.07) is 13.4. The molecule has 32 heavy (non-hydrogen) atoms. The Hall–Kier alpha value is -3.66. The van der Waals surface area contributed by atoms with E-state index in [1.165, 1.54) is 6.42 Å². The highest BCUT2D eigenvalue weighted by Crippen LogP contribution is 2.41. The van der Waals surface area contributed by atoms with Crippen LogP contribution in [0, 0.1) is 24.2 Å². The zero-order chi connectivity index (χ0) is 22.4. The van der Waals surface area contributed by atoms with Gasteiger partial charge in [0.05, 0.1) is 22.6 Å². The molecule has 0 radical (unpaired) electrons. The number of anilines is 2. The van der Waals surface area contributed by atoms with Gasteiger partial charge in [-0.05, 0) is 62.8 Å². The number of aryl methyl sites for hydroxylation is 1. The molecule has 2 unspecified atom stereocenters. The Balaban J connectivity index is 1.59. The van der Waals surface area contributed by atoms with Crippen molar-refractivity contribution in [3.8, 4) is 6.07 Å². The van der Waals surface area contributed by atoms with E-state index in [0.717, 1.165) is 36.0 Å². The first-order valence-electron chi connectivity index (χ1n) is 11.0. The number of carboxylic acid groups (broad SMARTS) is 1. The molecule has 1 aromatic heterocycles. The van der Waals surface area contributed by atoms with Crippen molar-refractivity contribution in [3.05, 3.63) is 58.8 Å². The highest BCUT2D eigenvalue weighted by Gasteiger charge is 2.39. The maximum atomic E-state index is 11.6. The Morgan fingerprint density at radius 1 is 1.28 bits per heavy atom. The number of piperidine rings is 1. The Labute approximate surface area is 186 Å². The van der Waals surface area contributed by atoms with Gasteiger partial charge in [-0.25, -0.2) is 14.8 Å². The lowest BCUT2D eigenvalue weighted by atomic mass is 10.0. The molecule has 1 aliphatic heterocycles. The molecule has 0 spiro atoms. The number of hydrogen-bond donors (Lipinski definition) is 2. The van der Waals surface area contributed by atoms with E-state index >= 15 is 0 Å². The average molecular weight is 428 g/mol. The van der Waals surface area contributed by atoms with E-state index in [1.54, 1.807) is 18.2 Å². The van der Waals surface area contributed by atoms with Gasteiger partial charge >= 0.3 is 5.97 Å². The fourth-order valence-corrected chi connectivity index (χ4v) is 5.22. The molecule has 1 saturated heterocycles. The number of aromatic nitrogens is 2. The summed E-state index contributed by atoms with van der Waals surface area (Å²) in [5.74, 6) is 0.379. The van der Waals surface area contributed by atoms with E-state index in [1.807, 2.05) is 26.0 Å². The minimum Gasteiger partial charge on any atom is -0.478 e. The number of nitriles is 1. The average Bonchev–Trinajstić information content (AvgIpc) is 3.41. The van der Waals surface area contributed by atoms with Gasteiger partial charge in [0.2, 0.25) is 0 Å². The summed E-state index contributed by atoms with van der Waals surface area (Å²) < 4.78 is 0. The molecule has 2 N–H and O–H groups in total. The largest absolute Gasteiger partial charge is 0.478 e. The molecule has 1 saturated carbocycles. The van der Waals surface area contributed by atoms with Crippen molar-refractivity contribution >= 4 is 28.5 Å². The number of benzene rings is 2. The lowest BCUT2D eigenvalue weighted by Crippen LogP contribution is -2.33. The first kappa shape index (κ1) is 20.3. The van der Waals surface area contributed by atoms with E-state index < -0.39 is 5.97 Å². The van der Waals surface area contributed by atoms with E-state index in [9.17, 15) is 15.2 Å². The first-order valence-corrected chi connectivity index (χ1v) is 11.0. The first-order chi connectivity index (χ1) is 15.4. The van der Waals surface area contributed by atoms with Crippen LogP contribution in [-0.2, 0) is 0 Å². The smallest absolute Gasteiger partial charge is 0.337 e. The summed E-state index contributed by atoms with van der Waals surface area (Å²) in [6.45, 7) is 4.91. The van der Waals surface area contributed by atoms with Crippen LogP contribution in [0.5, 0.6) is 0 Å². The van der Waals surface area contributed by atoms with Gasteiger partial charge in [-0.2, -0.15) is 5.26 Å². The molecular weight excluding hydrogens is 402 g/mol. The predicted molar refractivity (Wildman–Crippen MR) is 123 cm³/mol. The summed E-state index contributed by atoms with van der Waals surface area (Å²) in [7, 11) is 0. The van der Waals surface area contributed by atoms with Crippen molar-refractivity contribution in [2.24, 2.45) is 5.92 Å². The standard InChI is InChI=1S/C25H25N5O2/c1-14-9-19(15(2)27-20-6-4-3-5-18(20)25(31)32)23-21(10-14)28-22(12-26)24(29-23)30-13-16-7-8-17(30)11-16/h3-6,9-10,15-17,27H,7-8,11,13H2,1-2H3,(H,31,32)/t15-,16?,17?/m1/s1. The molecule has 2 heterocycles. The van der Waals surface area contributed by atoms with Gasteiger partial charge < -0.3 is 15.3 Å². The SMILES string of the molecule is Cc1cc([C@@H](C)Nc2ccccc2C(=O)O)c2nc(N3CC4CCC3C4)c(C#N)nc2c1. The molecule has 162 valence electrons. The lowest BCUT2D eigenvalue weighted by molar-refractivity contribution is 0.0698. The predicted octanol–water partition coefficient (Wildman–Crippen LogP) is 4.67. The van der Waals surface area contributed by atoms with Gasteiger partial charge in [-0.15, -0.1) is 0 Å². The van der Waals surface area contributed by atoms with Crippen LogP contribution in [0.2, 0.25) is 0 Å².